The Bertz CT molecular complexity index is 1090. The molecular formula is C25H33N7. The number of nitrogens with zero attached hydrogens (tertiary/aromatic N) is 6. The first-order chi connectivity index (χ1) is 15.7. The maximum Gasteiger partial charge on any atom is 0.164 e. The molecule has 2 unspecified atom stereocenters. The highest BCUT2D eigenvalue weighted by Gasteiger charge is 2.41. The Hall–Kier alpha value is -2.54. The van der Waals surface area contributed by atoms with Gasteiger partial charge in [-0.25, -0.2) is 19.9 Å². The third kappa shape index (κ3) is 3.56. The lowest BCUT2D eigenvalue weighted by Gasteiger charge is -2.47. The van der Waals surface area contributed by atoms with Crippen LogP contribution in [0.2, 0.25) is 0 Å². The highest BCUT2D eigenvalue weighted by Crippen LogP contribution is 2.49. The molecule has 4 heterocycles. The summed E-state index contributed by atoms with van der Waals surface area (Å²) in [6.45, 7) is 6.64. The van der Waals surface area contributed by atoms with E-state index in [9.17, 15) is 0 Å². The molecule has 32 heavy (non-hydrogen) atoms. The van der Waals surface area contributed by atoms with E-state index in [1.807, 2.05) is 12.4 Å². The SMILES string of the molecule is CC1C2CCC(CC2)C1Cc1cc(N2CCN(C)CC2)nc(-c2c[nH]c3ncncc23)n1. The second-order valence-corrected chi connectivity index (χ2v) is 10.2. The van der Waals surface area contributed by atoms with Crippen molar-refractivity contribution < 1.29 is 0 Å². The first kappa shape index (κ1) is 20.1. The average Bonchev–Trinajstić information content (AvgIpc) is 3.26. The lowest BCUT2D eigenvalue weighted by molar-refractivity contribution is 0.0339. The molecule has 2 bridgehead atoms. The van der Waals surface area contributed by atoms with Gasteiger partial charge in [-0.05, 0) is 62.8 Å². The lowest BCUT2D eigenvalue weighted by Crippen LogP contribution is -2.45. The van der Waals surface area contributed by atoms with Crippen LogP contribution < -0.4 is 4.90 Å². The zero-order valence-electron chi connectivity index (χ0n) is 19.2. The molecule has 2 atom stereocenters. The number of nitrogens with one attached hydrogen (secondary N) is 1. The van der Waals surface area contributed by atoms with Gasteiger partial charge in [0.1, 0.15) is 17.8 Å². The van der Waals surface area contributed by atoms with E-state index in [2.05, 4.69) is 44.8 Å². The molecule has 3 aromatic heterocycles. The first-order valence-corrected chi connectivity index (χ1v) is 12.2. The summed E-state index contributed by atoms with van der Waals surface area (Å²) in [6.07, 6.45) is 12.2. The summed E-state index contributed by atoms with van der Waals surface area (Å²) in [5.74, 6) is 5.19. The minimum absolute atomic E-state index is 0.747. The van der Waals surface area contributed by atoms with Crippen molar-refractivity contribution in [2.45, 2.75) is 39.0 Å². The van der Waals surface area contributed by atoms with E-state index in [0.29, 0.717) is 0 Å². The molecule has 168 valence electrons. The highest BCUT2D eigenvalue weighted by molar-refractivity contribution is 5.91. The van der Waals surface area contributed by atoms with Crippen LogP contribution >= 0.6 is 0 Å². The Labute approximate surface area is 189 Å². The number of aromatic nitrogens is 5. The van der Waals surface area contributed by atoms with E-state index in [0.717, 1.165) is 84.5 Å². The Morgan fingerprint density at radius 3 is 2.59 bits per heavy atom. The van der Waals surface area contributed by atoms with Gasteiger partial charge in [-0.1, -0.05) is 6.92 Å². The quantitative estimate of drug-likeness (QED) is 0.678. The first-order valence-electron chi connectivity index (χ1n) is 12.2. The van der Waals surface area contributed by atoms with Crippen molar-refractivity contribution in [3.05, 3.63) is 30.5 Å². The molecule has 3 aliphatic carbocycles. The Balaban J connectivity index is 1.38. The van der Waals surface area contributed by atoms with E-state index in [4.69, 9.17) is 9.97 Å². The average molecular weight is 432 g/mol. The third-order valence-electron chi connectivity index (χ3n) is 8.48. The van der Waals surface area contributed by atoms with Crippen LogP contribution in [0.25, 0.3) is 22.4 Å². The van der Waals surface area contributed by atoms with Crippen molar-refractivity contribution in [2.75, 3.05) is 38.1 Å². The number of aromatic amines is 1. The molecule has 0 radical (unpaired) electrons. The number of piperazine rings is 1. The number of H-pyrrole nitrogens is 1. The Kier molecular flexibility index (Phi) is 5.09. The predicted molar refractivity (Wildman–Crippen MR) is 126 cm³/mol. The number of anilines is 1. The van der Waals surface area contributed by atoms with E-state index in [-0.39, 0.29) is 0 Å². The van der Waals surface area contributed by atoms with Gasteiger partial charge in [0, 0.05) is 61.3 Å². The molecule has 4 fully saturated rings. The number of likely N-dealkylation sites (N-methyl/N-ethyl adjacent to an activating group) is 1. The molecule has 7 nitrogen and oxygen atoms in total. The molecule has 0 spiro atoms. The van der Waals surface area contributed by atoms with E-state index < -0.39 is 0 Å². The number of fused-ring (bicyclic) bond motifs is 4. The molecule has 3 saturated carbocycles. The maximum absolute atomic E-state index is 5.12. The molecule has 7 heteroatoms. The topological polar surface area (TPSA) is 73.8 Å². The summed E-state index contributed by atoms with van der Waals surface area (Å²) in [4.78, 5) is 26.9. The summed E-state index contributed by atoms with van der Waals surface area (Å²) in [6, 6.07) is 2.27. The van der Waals surface area contributed by atoms with Gasteiger partial charge in [-0.3, -0.25) is 0 Å². The maximum atomic E-state index is 5.12. The highest BCUT2D eigenvalue weighted by atomic mass is 15.3. The van der Waals surface area contributed by atoms with Gasteiger partial charge in [-0.15, -0.1) is 0 Å². The van der Waals surface area contributed by atoms with E-state index >= 15 is 0 Å². The fourth-order valence-electron chi connectivity index (χ4n) is 6.42. The van der Waals surface area contributed by atoms with Crippen molar-refractivity contribution in [3.63, 3.8) is 0 Å². The van der Waals surface area contributed by atoms with Crippen molar-refractivity contribution in [3.8, 4) is 11.4 Å². The largest absolute Gasteiger partial charge is 0.354 e. The Morgan fingerprint density at radius 2 is 1.81 bits per heavy atom. The molecule has 1 aliphatic heterocycles. The smallest absolute Gasteiger partial charge is 0.164 e. The summed E-state index contributed by atoms with van der Waals surface area (Å²) in [5.41, 5.74) is 3.03. The van der Waals surface area contributed by atoms with Crippen molar-refractivity contribution >= 4 is 16.9 Å². The molecule has 1 saturated heterocycles. The predicted octanol–water partition coefficient (Wildman–Crippen LogP) is 3.78. The van der Waals surface area contributed by atoms with Gasteiger partial charge in [0.25, 0.3) is 0 Å². The van der Waals surface area contributed by atoms with Gasteiger partial charge >= 0.3 is 0 Å². The van der Waals surface area contributed by atoms with Gasteiger partial charge in [0.15, 0.2) is 5.82 Å². The third-order valence-corrected chi connectivity index (χ3v) is 8.48. The van der Waals surface area contributed by atoms with Crippen molar-refractivity contribution in [1.29, 1.82) is 0 Å². The Morgan fingerprint density at radius 1 is 1.03 bits per heavy atom. The minimum atomic E-state index is 0.747. The van der Waals surface area contributed by atoms with Crippen LogP contribution in [0.1, 0.15) is 38.3 Å². The monoisotopic (exact) mass is 431 g/mol. The van der Waals surface area contributed by atoms with E-state index in [1.165, 1.54) is 31.4 Å². The molecule has 4 aliphatic rings. The van der Waals surface area contributed by atoms with Crippen LogP contribution in [0, 0.1) is 23.7 Å². The fraction of sp³-hybridized carbons (Fsp3) is 0.600. The molecule has 0 aromatic carbocycles. The standard InChI is InChI=1S/C25H33N7/c1-16-17-3-5-18(6-4-17)20(16)11-19-12-23(32-9-7-31(2)8-10-32)30-25(29-19)22-14-27-24-21(22)13-26-15-28-24/h12-18,20H,3-11H2,1-2H3,(H,26,27,28). The fourth-order valence-corrected chi connectivity index (χ4v) is 6.42. The van der Waals surface area contributed by atoms with Crippen LogP contribution in [-0.4, -0.2) is 63.0 Å². The van der Waals surface area contributed by atoms with Crippen LogP contribution in [0.5, 0.6) is 0 Å². The molecule has 3 aromatic rings. The van der Waals surface area contributed by atoms with Gasteiger partial charge in [0.05, 0.1) is 0 Å². The van der Waals surface area contributed by atoms with Crippen LogP contribution in [-0.2, 0) is 6.42 Å². The summed E-state index contributed by atoms with van der Waals surface area (Å²) in [5, 5.41) is 0.985. The second-order valence-electron chi connectivity index (χ2n) is 10.2. The minimum Gasteiger partial charge on any atom is -0.354 e. The second kappa shape index (κ2) is 8.10. The number of rotatable bonds is 4. The van der Waals surface area contributed by atoms with Crippen LogP contribution in [0.15, 0.2) is 24.8 Å². The van der Waals surface area contributed by atoms with Crippen LogP contribution in [0.3, 0.4) is 0 Å². The normalized spacial score (nSPS) is 28.5. The van der Waals surface area contributed by atoms with Gasteiger partial charge in [0.2, 0.25) is 0 Å². The summed E-state index contributed by atoms with van der Waals surface area (Å²) in [7, 11) is 2.19. The number of hydrogen-bond donors (Lipinski definition) is 1. The van der Waals surface area contributed by atoms with Crippen molar-refractivity contribution in [2.24, 2.45) is 23.7 Å². The summed E-state index contributed by atoms with van der Waals surface area (Å²) >= 11 is 0. The molecular weight excluding hydrogens is 398 g/mol. The summed E-state index contributed by atoms with van der Waals surface area (Å²) < 4.78 is 0. The molecule has 7 rings (SSSR count). The van der Waals surface area contributed by atoms with E-state index in [1.54, 1.807) is 6.33 Å². The molecule has 1 N–H and O–H groups in total. The van der Waals surface area contributed by atoms with Crippen molar-refractivity contribution in [1.82, 2.24) is 29.8 Å². The van der Waals surface area contributed by atoms with Gasteiger partial charge < -0.3 is 14.8 Å². The zero-order valence-corrected chi connectivity index (χ0v) is 19.2. The number of hydrogen-bond acceptors (Lipinski definition) is 6. The zero-order chi connectivity index (χ0) is 21.7. The lowest BCUT2D eigenvalue weighted by atomic mass is 9.58. The molecule has 0 amide bonds. The van der Waals surface area contributed by atoms with Crippen LogP contribution in [0.4, 0.5) is 5.82 Å². The van der Waals surface area contributed by atoms with Gasteiger partial charge in [-0.2, -0.15) is 0 Å².